The monoisotopic (exact) mass is 248 g/mol. The Hall–Kier alpha value is -0.760. The average Bonchev–Trinajstić information content (AvgIpc) is 2.40. The van der Waals surface area contributed by atoms with E-state index in [-0.39, 0.29) is 0 Å². The van der Waals surface area contributed by atoms with Crippen molar-refractivity contribution in [3.8, 4) is 0 Å². The smallest absolute Gasteiger partial charge is 0.164 e. The molecule has 2 heteroatoms. The maximum absolute atomic E-state index is 12.3. The third-order valence-corrected chi connectivity index (χ3v) is 4.40. The molecule has 0 heterocycles. The highest BCUT2D eigenvalue weighted by molar-refractivity contribution is 7.98. The Balaban J connectivity index is 2.03. The summed E-state index contributed by atoms with van der Waals surface area (Å²) in [5.41, 5.74) is 0.922. The van der Waals surface area contributed by atoms with Crippen LogP contribution in [0.1, 0.15) is 48.9 Å². The first-order valence-corrected chi connectivity index (χ1v) is 7.70. The molecule has 0 bridgehead atoms. The lowest BCUT2D eigenvalue weighted by Gasteiger charge is -2.21. The molecule has 1 fully saturated rings. The van der Waals surface area contributed by atoms with E-state index in [1.54, 1.807) is 11.8 Å². The molecule has 17 heavy (non-hydrogen) atoms. The van der Waals surface area contributed by atoms with E-state index in [2.05, 4.69) is 0 Å². The number of carbonyl (C=O) groups excluding carboxylic acids is 1. The van der Waals surface area contributed by atoms with Crippen molar-refractivity contribution in [2.75, 3.05) is 6.26 Å². The SMILES string of the molecule is CSc1ccccc1C(=O)CC1CCCCC1. The number of thioether (sulfide) groups is 1. The van der Waals surface area contributed by atoms with Crippen LogP contribution in [0, 0.1) is 5.92 Å². The number of ketones is 1. The van der Waals surface area contributed by atoms with E-state index < -0.39 is 0 Å². The predicted molar refractivity (Wildman–Crippen MR) is 73.7 cm³/mol. The summed E-state index contributed by atoms with van der Waals surface area (Å²) >= 11 is 1.66. The molecule has 0 aromatic heterocycles. The summed E-state index contributed by atoms with van der Waals surface area (Å²) in [6, 6.07) is 7.98. The van der Waals surface area contributed by atoms with Crippen molar-refractivity contribution in [3.05, 3.63) is 29.8 Å². The minimum Gasteiger partial charge on any atom is -0.294 e. The van der Waals surface area contributed by atoms with Gasteiger partial charge in [0, 0.05) is 16.9 Å². The summed E-state index contributed by atoms with van der Waals surface area (Å²) in [4.78, 5) is 13.4. The van der Waals surface area contributed by atoms with E-state index in [1.807, 2.05) is 30.5 Å². The van der Waals surface area contributed by atoms with Gasteiger partial charge in [-0.15, -0.1) is 11.8 Å². The van der Waals surface area contributed by atoms with E-state index >= 15 is 0 Å². The molecule has 1 aromatic carbocycles. The fourth-order valence-corrected chi connectivity index (χ4v) is 3.25. The van der Waals surface area contributed by atoms with Crippen LogP contribution < -0.4 is 0 Å². The van der Waals surface area contributed by atoms with E-state index in [1.165, 1.54) is 32.1 Å². The summed E-state index contributed by atoms with van der Waals surface area (Å²) in [6.07, 6.45) is 9.24. The Morgan fingerprint density at radius 1 is 1.24 bits per heavy atom. The molecule has 0 amide bonds. The van der Waals surface area contributed by atoms with Crippen LogP contribution in [0.2, 0.25) is 0 Å². The molecule has 92 valence electrons. The lowest BCUT2D eigenvalue weighted by atomic mass is 9.85. The van der Waals surface area contributed by atoms with Crippen molar-refractivity contribution in [2.45, 2.75) is 43.4 Å². The number of hydrogen-bond acceptors (Lipinski definition) is 2. The first kappa shape index (κ1) is 12.7. The number of hydrogen-bond donors (Lipinski definition) is 0. The first-order chi connectivity index (χ1) is 8.31. The normalized spacial score (nSPS) is 17.0. The van der Waals surface area contributed by atoms with Crippen LogP contribution in [0.4, 0.5) is 0 Å². The number of carbonyl (C=O) groups is 1. The molecule has 0 atom stereocenters. The van der Waals surface area contributed by atoms with E-state index in [4.69, 9.17) is 0 Å². The van der Waals surface area contributed by atoms with Crippen LogP contribution >= 0.6 is 11.8 Å². The van der Waals surface area contributed by atoms with Crippen LogP contribution in [0.25, 0.3) is 0 Å². The second-order valence-corrected chi connectivity index (χ2v) is 5.68. The molecule has 0 spiro atoms. The fraction of sp³-hybridized carbons (Fsp3) is 0.533. The summed E-state index contributed by atoms with van der Waals surface area (Å²) in [6.45, 7) is 0. The second-order valence-electron chi connectivity index (χ2n) is 4.83. The van der Waals surface area contributed by atoms with Crippen molar-refractivity contribution in [1.29, 1.82) is 0 Å². The molecule has 2 rings (SSSR count). The molecule has 0 radical (unpaired) electrons. The van der Waals surface area contributed by atoms with Gasteiger partial charge in [0.1, 0.15) is 0 Å². The van der Waals surface area contributed by atoms with Gasteiger partial charge in [-0.05, 0) is 18.2 Å². The minimum absolute atomic E-state index is 0.335. The van der Waals surface area contributed by atoms with Crippen molar-refractivity contribution < 1.29 is 4.79 Å². The van der Waals surface area contributed by atoms with E-state index in [0.717, 1.165) is 16.9 Å². The largest absolute Gasteiger partial charge is 0.294 e. The quantitative estimate of drug-likeness (QED) is 0.574. The lowest BCUT2D eigenvalue weighted by Crippen LogP contribution is -2.12. The number of rotatable bonds is 4. The molecular formula is C15H20OS. The minimum atomic E-state index is 0.335. The molecule has 1 aromatic rings. The molecule has 0 aliphatic heterocycles. The van der Waals surface area contributed by atoms with Gasteiger partial charge in [-0.2, -0.15) is 0 Å². The molecule has 0 unspecified atom stereocenters. The van der Waals surface area contributed by atoms with Crippen LogP contribution in [-0.2, 0) is 0 Å². The Bertz CT molecular complexity index is 380. The van der Waals surface area contributed by atoms with Gasteiger partial charge in [0.05, 0.1) is 0 Å². The van der Waals surface area contributed by atoms with Gasteiger partial charge < -0.3 is 0 Å². The van der Waals surface area contributed by atoms with Crippen LogP contribution in [-0.4, -0.2) is 12.0 Å². The Kier molecular flexibility index (Phi) is 4.66. The van der Waals surface area contributed by atoms with E-state index in [9.17, 15) is 4.79 Å². The highest BCUT2D eigenvalue weighted by Crippen LogP contribution is 2.29. The summed E-state index contributed by atoms with van der Waals surface area (Å²) in [5.74, 6) is 0.966. The summed E-state index contributed by atoms with van der Waals surface area (Å²) in [5, 5.41) is 0. The van der Waals surface area contributed by atoms with Crippen molar-refractivity contribution in [1.82, 2.24) is 0 Å². The van der Waals surface area contributed by atoms with Gasteiger partial charge in [-0.3, -0.25) is 4.79 Å². The van der Waals surface area contributed by atoms with Gasteiger partial charge in [0.15, 0.2) is 5.78 Å². The molecule has 0 saturated heterocycles. The van der Waals surface area contributed by atoms with Crippen molar-refractivity contribution in [3.63, 3.8) is 0 Å². The zero-order valence-corrected chi connectivity index (χ0v) is 11.3. The zero-order chi connectivity index (χ0) is 12.1. The summed E-state index contributed by atoms with van der Waals surface area (Å²) < 4.78 is 0. The van der Waals surface area contributed by atoms with Gasteiger partial charge in [-0.25, -0.2) is 0 Å². The molecule has 1 saturated carbocycles. The lowest BCUT2D eigenvalue weighted by molar-refractivity contribution is 0.0947. The predicted octanol–water partition coefficient (Wildman–Crippen LogP) is 4.56. The van der Waals surface area contributed by atoms with Crippen molar-refractivity contribution >= 4 is 17.5 Å². The third kappa shape index (κ3) is 3.35. The fourth-order valence-electron chi connectivity index (χ4n) is 2.64. The standard InChI is InChI=1S/C15H20OS/c1-17-15-10-6-5-9-13(15)14(16)11-12-7-3-2-4-8-12/h5-6,9-10,12H,2-4,7-8,11H2,1H3. The molecule has 1 aliphatic rings. The molecule has 1 aliphatic carbocycles. The van der Waals surface area contributed by atoms with Gasteiger partial charge in [0.2, 0.25) is 0 Å². The second kappa shape index (κ2) is 6.25. The summed E-state index contributed by atoms with van der Waals surface area (Å²) in [7, 11) is 0. The van der Waals surface area contributed by atoms with E-state index in [0.29, 0.717) is 11.7 Å². The van der Waals surface area contributed by atoms with Gasteiger partial charge in [0.25, 0.3) is 0 Å². The molecular weight excluding hydrogens is 228 g/mol. The molecule has 0 N–H and O–H groups in total. The Morgan fingerprint density at radius 3 is 2.65 bits per heavy atom. The maximum atomic E-state index is 12.3. The highest BCUT2D eigenvalue weighted by atomic mass is 32.2. The Labute approximate surface area is 108 Å². The number of benzene rings is 1. The average molecular weight is 248 g/mol. The Morgan fingerprint density at radius 2 is 1.94 bits per heavy atom. The van der Waals surface area contributed by atoms with Gasteiger partial charge >= 0.3 is 0 Å². The number of Topliss-reactive ketones (excluding diaryl/α,β-unsaturated/α-hetero) is 1. The van der Waals surface area contributed by atoms with Gasteiger partial charge in [-0.1, -0.05) is 50.3 Å². The highest BCUT2D eigenvalue weighted by Gasteiger charge is 2.19. The third-order valence-electron chi connectivity index (χ3n) is 3.61. The van der Waals surface area contributed by atoms with Crippen LogP contribution in [0.15, 0.2) is 29.2 Å². The van der Waals surface area contributed by atoms with Crippen LogP contribution in [0.3, 0.4) is 0 Å². The topological polar surface area (TPSA) is 17.1 Å². The maximum Gasteiger partial charge on any atom is 0.164 e. The zero-order valence-electron chi connectivity index (χ0n) is 10.4. The first-order valence-electron chi connectivity index (χ1n) is 6.47. The van der Waals surface area contributed by atoms with Crippen molar-refractivity contribution in [2.24, 2.45) is 5.92 Å². The van der Waals surface area contributed by atoms with Crippen LogP contribution in [0.5, 0.6) is 0 Å². The molecule has 1 nitrogen and oxygen atoms in total.